The van der Waals surface area contributed by atoms with E-state index in [1.54, 1.807) is 0 Å². The van der Waals surface area contributed by atoms with Gasteiger partial charge < -0.3 is 19.9 Å². The molecule has 0 aromatic rings. The highest BCUT2D eigenvalue weighted by molar-refractivity contribution is 5.78. The van der Waals surface area contributed by atoms with Crippen LogP contribution in [0.4, 0.5) is 26.3 Å². The highest BCUT2D eigenvalue weighted by Crippen LogP contribution is 2.38. The van der Waals surface area contributed by atoms with Crippen molar-refractivity contribution in [1.82, 2.24) is 10.2 Å². The van der Waals surface area contributed by atoms with Crippen molar-refractivity contribution in [2.24, 2.45) is 0 Å². The fraction of sp³-hybridized carbons (Fsp3) is 0.857. The van der Waals surface area contributed by atoms with Crippen LogP contribution in [0.3, 0.4) is 0 Å². The fourth-order valence-corrected chi connectivity index (χ4v) is 3.18. The van der Waals surface area contributed by atoms with E-state index in [2.05, 4.69) is 14.8 Å². The average molecular weight is 408 g/mol. The first-order valence-electron chi connectivity index (χ1n) is 8.11. The number of aliphatic hydroxyl groups is 1. The van der Waals surface area contributed by atoms with Crippen LogP contribution < -0.4 is 5.32 Å². The third-order valence-electron chi connectivity index (χ3n) is 4.35. The quantitative estimate of drug-likeness (QED) is 0.410. The monoisotopic (exact) mass is 408 g/mol. The van der Waals surface area contributed by atoms with E-state index >= 15 is 0 Å². The molecule has 0 saturated carbocycles. The minimum absolute atomic E-state index is 0.00118. The van der Waals surface area contributed by atoms with Crippen LogP contribution in [0.5, 0.6) is 0 Å². The van der Waals surface area contributed by atoms with Crippen molar-refractivity contribution >= 4 is 11.9 Å². The zero-order valence-electron chi connectivity index (χ0n) is 13.9. The molecule has 2 aliphatic rings. The van der Waals surface area contributed by atoms with Gasteiger partial charge >= 0.3 is 30.2 Å². The molecule has 0 spiro atoms. The zero-order valence-corrected chi connectivity index (χ0v) is 13.9. The topological polar surface area (TPSA) is 88.1 Å². The maximum atomic E-state index is 12.7. The second-order valence-electron chi connectivity index (χ2n) is 6.31. The number of hydrogen-bond acceptors (Lipinski definition) is 7. The maximum absolute atomic E-state index is 12.7. The molecular formula is C14H18F6N2O5. The first-order chi connectivity index (χ1) is 12.3. The SMILES string of the molecule is O=C(OC1(OC(=O)C(F)(F)F)CC(O)CCN1C1CCNCC1)C(F)(F)F. The van der Waals surface area contributed by atoms with Gasteiger partial charge in [-0.15, -0.1) is 0 Å². The maximum Gasteiger partial charge on any atom is 0.491 e. The molecule has 13 heteroatoms. The van der Waals surface area contributed by atoms with E-state index < -0.39 is 48.8 Å². The summed E-state index contributed by atoms with van der Waals surface area (Å²) >= 11 is 0. The van der Waals surface area contributed by atoms with E-state index in [1.807, 2.05) is 0 Å². The lowest BCUT2D eigenvalue weighted by molar-refractivity contribution is -0.339. The first kappa shape index (κ1) is 21.7. The third kappa shape index (κ3) is 5.23. The number of halogens is 6. The normalized spacial score (nSPS) is 25.1. The van der Waals surface area contributed by atoms with E-state index in [0.29, 0.717) is 25.9 Å². The van der Waals surface area contributed by atoms with Crippen LogP contribution in [-0.2, 0) is 19.1 Å². The summed E-state index contributed by atoms with van der Waals surface area (Å²) in [5.74, 6) is -8.63. The van der Waals surface area contributed by atoms with Gasteiger partial charge in [0, 0.05) is 12.6 Å². The molecule has 27 heavy (non-hydrogen) atoms. The van der Waals surface area contributed by atoms with E-state index in [-0.39, 0.29) is 13.0 Å². The minimum atomic E-state index is -5.53. The molecule has 2 fully saturated rings. The molecule has 0 amide bonds. The van der Waals surface area contributed by atoms with Crippen LogP contribution in [0.2, 0.25) is 0 Å². The summed E-state index contributed by atoms with van der Waals surface area (Å²) in [4.78, 5) is 23.7. The highest BCUT2D eigenvalue weighted by atomic mass is 19.4. The Morgan fingerprint density at radius 3 is 1.89 bits per heavy atom. The minimum Gasteiger partial charge on any atom is -0.401 e. The van der Waals surface area contributed by atoms with Crippen LogP contribution in [-0.4, -0.2) is 72.0 Å². The molecule has 0 aliphatic carbocycles. The molecular weight excluding hydrogens is 390 g/mol. The standard InChI is InChI=1S/C14H18F6N2O5/c15-13(16,17)10(24)26-12(27-11(25)14(18,19)20)7-9(23)3-6-22(12)8-1-4-21-5-2-8/h8-9,21,23H,1-7H2. The van der Waals surface area contributed by atoms with Gasteiger partial charge in [0.2, 0.25) is 0 Å². The molecule has 2 saturated heterocycles. The number of aliphatic hydroxyl groups excluding tert-OH is 1. The number of esters is 2. The molecule has 1 atom stereocenters. The molecule has 2 heterocycles. The summed E-state index contributed by atoms with van der Waals surface area (Å²) in [5.41, 5.74) is 0. The zero-order chi connectivity index (χ0) is 20.5. The van der Waals surface area contributed by atoms with E-state index in [9.17, 15) is 41.0 Å². The van der Waals surface area contributed by atoms with Gasteiger partial charge in [0.15, 0.2) is 0 Å². The highest BCUT2D eigenvalue weighted by Gasteiger charge is 2.58. The number of piperidine rings is 2. The van der Waals surface area contributed by atoms with Crippen molar-refractivity contribution in [3.05, 3.63) is 0 Å². The van der Waals surface area contributed by atoms with Crippen molar-refractivity contribution in [1.29, 1.82) is 0 Å². The number of nitrogens with one attached hydrogen (secondary N) is 1. The number of nitrogens with zero attached hydrogens (tertiary/aromatic N) is 1. The second-order valence-corrected chi connectivity index (χ2v) is 6.31. The third-order valence-corrected chi connectivity index (χ3v) is 4.35. The van der Waals surface area contributed by atoms with Crippen LogP contribution in [0.25, 0.3) is 0 Å². The molecule has 0 bridgehead atoms. The molecule has 0 radical (unpaired) electrons. The predicted octanol–water partition coefficient (Wildman–Crippen LogP) is 1.06. The summed E-state index contributed by atoms with van der Waals surface area (Å²) < 4.78 is 84.7. The van der Waals surface area contributed by atoms with Crippen LogP contribution in [0, 0.1) is 0 Å². The van der Waals surface area contributed by atoms with Gasteiger partial charge in [-0.05, 0) is 32.4 Å². The summed E-state index contributed by atoms with van der Waals surface area (Å²) in [5, 5.41) is 12.8. The molecule has 156 valence electrons. The molecule has 2 aliphatic heterocycles. The molecule has 2 rings (SSSR count). The second kappa shape index (κ2) is 7.80. The Hall–Kier alpha value is -1.60. The average Bonchev–Trinajstić information content (AvgIpc) is 2.53. The van der Waals surface area contributed by atoms with Crippen molar-refractivity contribution in [3.8, 4) is 0 Å². The number of alkyl halides is 6. The molecule has 1 unspecified atom stereocenters. The summed E-state index contributed by atoms with van der Waals surface area (Å²) in [6.45, 7) is 0.614. The Kier molecular flexibility index (Phi) is 6.26. The lowest BCUT2D eigenvalue weighted by Gasteiger charge is -2.49. The number of rotatable bonds is 3. The van der Waals surface area contributed by atoms with E-state index in [0.717, 1.165) is 4.90 Å². The number of hydrogen-bond donors (Lipinski definition) is 2. The fourth-order valence-electron chi connectivity index (χ4n) is 3.18. The van der Waals surface area contributed by atoms with Crippen LogP contribution in [0.1, 0.15) is 25.7 Å². The number of carbonyl (C=O) groups excluding carboxylic acids is 2. The summed E-state index contributed by atoms with van der Waals surface area (Å²) in [6, 6.07) is -0.610. The van der Waals surface area contributed by atoms with Gasteiger partial charge in [-0.3, -0.25) is 0 Å². The van der Waals surface area contributed by atoms with Gasteiger partial charge in [0.05, 0.1) is 12.5 Å². The van der Waals surface area contributed by atoms with Gasteiger partial charge in [-0.2, -0.15) is 26.3 Å². The Morgan fingerprint density at radius 2 is 1.44 bits per heavy atom. The Morgan fingerprint density at radius 1 is 0.963 bits per heavy atom. The predicted molar refractivity (Wildman–Crippen MR) is 74.9 cm³/mol. The van der Waals surface area contributed by atoms with Gasteiger partial charge in [-0.1, -0.05) is 0 Å². The van der Waals surface area contributed by atoms with Gasteiger partial charge in [0.1, 0.15) is 0 Å². The van der Waals surface area contributed by atoms with Crippen LogP contribution in [0.15, 0.2) is 0 Å². The van der Waals surface area contributed by atoms with E-state index in [1.165, 1.54) is 0 Å². The van der Waals surface area contributed by atoms with Crippen molar-refractivity contribution in [3.63, 3.8) is 0 Å². The lowest BCUT2D eigenvalue weighted by Crippen LogP contribution is -2.65. The number of carbonyl (C=O) groups is 2. The summed E-state index contributed by atoms with van der Waals surface area (Å²) in [7, 11) is 0. The van der Waals surface area contributed by atoms with Gasteiger partial charge in [0.25, 0.3) is 0 Å². The Balaban J connectivity index is 2.40. The Labute approximate surface area is 149 Å². The molecule has 7 nitrogen and oxygen atoms in total. The van der Waals surface area contributed by atoms with Crippen molar-refractivity contribution < 1.29 is 50.5 Å². The van der Waals surface area contributed by atoms with Crippen LogP contribution >= 0.6 is 0 Å². The molecule has 0 aromatic carbocycles. The van der Waals surface area contributed by atoms with E-state index in [4.69, 9.17) is 0 Å². The molecule has 0 aromatic heterocycles. The first-order valence-corrected chi connectivity index (χ1v) is 8.11. The smallest absolute Gasteiger partial charge is 0.401 e. The van der Waals surface area contributed by atoms with Crippen molar-refractivity contribution in [2.75, 3.05) is 19.6 Å². The number of likely N-dealkylation sites (tertiary alicyclic amines) is 1. The largest absolute Gasteiger partial charge is 0.491 e. The van der Waals surface area contributed by atoms with Gasteiger partial charge in [-0.25, -0.2) is 14.5 Å². The Bertz CT molecular complexity index is 533. The van der Waals surface area contributed by atoms with Crippen molar-refractivity contribution in [2.45, 2.75) is 56.1 Å². The number of ether oxygens (including phenoxy) is 2. The molecule has 2 N–H and O–H groups in total. The summed E-state index contributed by atoms with van der Waals surface area (Å²) in [6.07, 6.45) is -12.8. The lowest BCUT2D eigenvalue weighted by atomic mass is 9.96.